The van der Waals surface area contributed by atoms with Gasteiger partial charge in [0, 0.05) is 12.5 Å². The lowest BCUT2D eigenvalue weighted by Crippen LogP contribution is -2.55. The van der Waals surface area contributed by atoms with Crippen LogP contribution in [-0.2, 0) is 9.53 Å². The molecule has 1 aliphatic carbocycles. The predicted octanol–water partition coefficient (Wildman–Crippen LogP) is 2.12. The summed E-state index contributed by atoms with van der Waals surface area (Å²) in [6.45, 7) is 8.68. The lowest BCUT2D eigenvalue weighted by molar-refractivity contribution is -0.181. The van der Waals surface area contributed by atoms with Crippen molar-refractivity contribution in [3.63, 3.8) is 0 Å². The van der Waals surface area contributed by atoms with Gasteiger partial charge < -0.3 is 9.84 Å². The highest BCUT2D eigenvalue weighted by Crippen LogP contribution is 2.40. The molecule has 4 fully saturated rings. The first-order valence-electron chi connectivity index (χ1n) is 8.33. The van der Waals surface area contributed by atoms with Crippen LogP contribution in [0.5, 0.6) is 0 Å². The Bertz CT molecular complexity index is 422. The van der Waals surface area contributed by atoms with E-state index in [9.17, 15) is 9.90 Å². The Morgan fingerprint density at radius 1 is 1.24 bits per heavy atom. The minimum Gasteiger partial charge on any atom is -0.458 e. The normalized spacial score (nSPS) is 35.4. The molecule has 3 saturated heterocycles. The number of hydrogen-bond donors (Lipinski definition) is 1. The summed E-state index contributed by atoms with van der Waals surface area (Å²) in [5.41, 5.74) is -0.955. The molecule has 4 rings (SSSR count). The number of hydrogen-bond acceptors (Lipinski definition) is 4. The molecule has 4 aliphatic rings. The standard InChI is InChI=1S/C17H27NO3/c1-12(2)17(20,14-5-3-4-6-14)16(19)21-15-11-18-9-7-13(15)8-10-18/h13-15,20H,1,3-11H2,2H3. The SMILES string of the molecule is C=C(C)C(O)(C(=O)OC1CN2CCC1CC2)C1CCCC1. The van der Waals surface area contributed by atoms with Gasteiger partial charge in [-0.25, -0.2) is 4.79 Å². The predicted molar refractivity (Wildman–Crippen MR) is 80.8 cm³/mol. The second kappa shape index (κ2) is 5.73. The van der Waals surface area contributed by atoms with E-state index in [0.29, 0.717) is 11.5 Å². The lowest BCUT2D eigenvalue weighted by Gasteiger charge is -2.45. The van der Waals surface area contributed by atoms with E-state index in [1.807, 2.05) is 0 Å². The molecular weight excluding hydrogens is 266 g/mol. The highest BCUT2D eigenvalue weighted by atomic mass is 16.6. The number of ether oxygens (including phenoxy) is 1. The number of carbonyl (C=O) groups excluding carboxylic acids is 1. The van der Waals surface area contributed by atoms with E-state index in [0.717, 1.165) is 58.2 Å². The molecule has 2 unspecified atom stereocenters. The Labute approximate surface area is 127 Å². The van der Waals surface area contributed by atoms with Crippen LogP contribution in [0, 0.1) is 11.8 Å². The molecule has 4 nitrogen and oxygen atoms in total. The summed E-state index contributed by atoms with van der Waals surface area (Å²) in [4.78, 5) is 15.0. The summed E-state index contributed by atoms with van der Waals surface area (Å²) in [6.07, 6.45) is 6.09. The van der Waals surface area contributed by atoms with Gasteiger partial charge in [-0.3, -0.25) is 4.90 Å². The third-order valence-electron chi connectivity index (χ3n) is 5.76. The maximum atomic E-state index is 12.7. The zero-order valence-electron chi connectivity index (χ0n) is 13.0. The maximum absolute atomic E-state index is 12.7. The van der Waals surface area contributed by atoms with Crippen molar-refractivity contribution in [2.24, 2.45) is 11.8 Å². The zero-order chi connectivity index (χ0) is 15.0. The molecule has 118 valence electrons. The van der Waals surface area contributed by atoms with Crippen LogP contribution >= 0.6 is 0 Å². The van der Waals surface area contributed by atoms with E-state index in [-0.39, 0.29) is 12.0 Å². The molecule has 0 aromatic carbocycles. The quantitative estimate of drug-likeness (QED) is 0.637. The zero-order valence-corrected chi connectivity index (χ0v) is 13.0. The Morgan fingerprint density at radius 3 is 2.33 bits per heavy atom. The smallest absolute Gasteiger partial charge is 0.343 e. The van der Waals surface area contributed by atoms with Gasteiger partial charge in [0.1, 0.15) is 6.10 Å². The van der Waals surface area contributed by atoms with Crippen molar-refractivity contribution in [2.45, 2.75) is 57.2 Å². The van der Waals surface area contributed by atoms with Crippen molar-refractivity contribution in [3.05, 3.63) is 12.2 Å². The van der Waals surface area contributed by atoms with E-state index in [4.69, 9.17) is 4.74 Å². The van der Waals surface area contributed by atoms with E-state index in [2.05, 4.69) is 11.5 Å². The fourth-order valence-electron chi connectivity index (χ4n) is 4.30. The van der Waals surface area contributed by atoms with Crippen molar-refractivity contribution in [3.8, 4) is 0 Å². The molecule has 2 bridgehead atoms. The second-order valence-electron chi connectivity index (χ2n) is 7.11. The lowest BCUT2D eigenvalue weighted by atomic mass is 9.80. The molecule has 0 spiro atoms. The molecule has 3 heterocycles. The summed E-state index contributed by atoms with van der Waals surface area (Å²) in [7, 11) is 0. The van der Waals surface area contributed by atoms with Gasteiger partial charge in [-0.05, 0) is 57.2 Å². The molecule has 0 aromatic heterocycles. The van der Waals surface area contributed by atoms with E-state index >= 15 is 0 Å². The van der Waals surface area contributed by atoms with Gasteiger partial charge in [0.15, 0.2) is 5.60 Å². The number of aliphatic hydroxyl groups is 1. The molecule has 3 aliphatic heterocycles. The van der Waals surface area contributed by atoms with Gasteiger partial charge in [0.05, 0.1) is 0 Å². The Balaban J connectivity index is 1.71. The molecule has 0 amide bonds. The van der Waals surface area contributed by atoms with E-state index in [1.165, 1.54) is 0 Å². The third kappa shape index (κ3) is 2.64. The average Bonchev–Trinajstić information content (AvgIpc) is 3.02. The average molecular weight is 293 g/mol. The van der Waals surface area contributed by atoms with E-state index in [1.54, 1.807) is 6.92 Å². The topological polar surface area (TPSA) is 49.8 Å². The number of fused-ring (bicyclic) bond motifs is 3. The van der Waals surface area contributed by atoms with Gasteiger partial charge in [0.25, 0.3) is 0 Å². The summed E-state index contributed by atoms with van der Waals surface area (Å²) in [6, 6.07) is 0. The Hall–Kier alpha value is -0.870. The first-order chi connectivity index (χ1) is 10.0. The van der Waals surface area contributed by atoms with Gasteiger partial charge in [-0.1, -0.05) is 19.4 Å². The molecule has 0 radical (unpaired) electrons. The number of esters is 1. The molecule has 0 aromatic rings. The molecule has 21 heavy (non-hydrogen) atoms. The Kier molecular flexibility index (Phi) is 4.10. The molecule has 4 heteroatoms. The van der Waals surface area contributed by atoms with Gasteiger partial charge in [-0.15, -0.1) is 0 Å². The van der Waals surface area contributed by atoms with Crippen molar-refractivity contribution in [2.75, 3.05) is 19.6 Å². The number of nitrogens with zero attached hydrogens (tertiary/aromatic N) is 1. The van der Waals surface area contributed by atoms with Crippen LogP contribution in [0.25, 0.3) is 0 Å². The van der Waals surface area contributed by atoms with Crippen molar-refractivity contribution in [1.29, 1.82) is 0 Å². The van der Waals surface area contributed by atoms with Crippen LogP contribution in [0.1, 0.15) is 45.4 Å². The number of carbonyl (C=O) groups is 1. The van der Waals surface area contributed by atoms with Gasteiger partial charge in [-0.2, -0.15) is 0 Å². The van der Waals surface area contributed by atoms with Crippen LogP contribution in [-0.4, -0.2) is 47.3 Å². The summed E-state index contributed by atoms with van der Waals surface area (Å²) in [5.74, 6) is -0.0128. The van der Waals surface area contributed by atoms with Gasteiger partial charge in [0.2, 0.25) is 0 Å². The summed E-state index contributed by atoms with van der Waals surface area (Å²) >= 11 is 0. The second-order valence-corrected chi connectivity index (χ2v) is 7.11. The summed E-state index contributed by atoms with van der Waals surface area (Å²) < 4.78 is 5.77. The van der Waals surface area contributed by atoms with Crippen LogP contribution in [0.2, 0.25) is 0 Å². The van der Waals surface area contributed by atoms with Crippen LogP contribution in [0.15, 0.2) is 12.2 Å². The largest absolute Gasteiger partial charge is 0.458 e. The first kappa shape index (κ1) is 15.0. The maximum Gasteiger partial charge on any atom is 0.343 e. The van der Waals surface area contributed by atoms with Crippen molar-refractivity contribution < 1.29 is 14.6 Å². The fourth-order valence-corrected chi connectivity index (χ4v) is 4.30. The molecule has 2 atom stereocenters. The van der Waals surface area contributed by atoms with Gasteiger partial charge >= 0.3 is 5.97 Å². The van der Waals surface area contributed by atoms with E-state index < -0.39 is 11.6 Å². The highest BCUT2D eigenvalue weighted by Gasteiger charge is 2.49. The van der Waals surface area contributed by atoms with Crippen LogP contribution in [0.4, 0.5) is 0 Å². The highest BCUT2D eigenvalue weighted by molar-refractivity contribution is 5.83. The number of rotatable bonds is 4. The van der Waals surface area contributed by atoms with Crippen molar-refractivity contribution >= 4 is 5.97 Å². The van der Waals surface area contributed by atoms with Crippen molar-refractivity contribution in [1.82, 2.24) is 4.90 Å². The third-order valence-corrected chi connectivity index (χ3v) is 5.76. The minimum absolute atomic E-state index is 0.0245. The molecular formula is C17H27NO3. The molecule has 1 saturated carbocycles. The summed E-state index contributed by atoms with van der Waals surface area (Å²) in [5, 5.41) is 11.0. The number of piperidine rings is 3. The monoisotopic (exact) mass is 293 g/mol. The molecule has 1 N–H and O–H groups in total. The van der Waals surface area contributed by atoms with Crippen LogP contribution < -0.4 is 0 Å². The minimum atomic E-state index is -1.48. The van der Waals surface area contributed by atoms with Crippen LogP contribution in [0.3, 0.4) is 0 Å². The first-order valence-corrected chi connectivity index (χ1v) is 8.33. The fraction of sp³-hybridized carbons (Fsp3) is 0.824. The Morgan fingerprint density at radius 2 is 1.86 bits per heavy atom.